The van der Waals surface area contributed by atoms with Gasteiger partial charge in [0.05, 0.1) is 10.2 Å². The molecule has 6 heteroatoms. The fourth-order valence-corrected chi connectivity index (χ4v) is 1.79. The lowest BCUT2D eigenvalue weighted by atomic mass is 10.2. The minimum atomic E-state index is -0.397. The summed E-state index contributed by atoms with van der Waals surface area (Å²) >= 11 is 6.19. The number of benzene rings is 1. The summed E-state index contributed by atoms with van der Waals surface area (Å²) in [4.78, 5) is 18.3. The van der Waals surface area contributed by atoms with Crippen LogP contribution in [0.3, 0.4) is 0 Å². The SMILES string of the molecule is Cc1nc(-c2ccc(Br)c(F)c2)[nH]c(=O)c1Br. The zero-order valence-electron chi connectivity index (χ0n) is 8.72. The van der Waals surface area contributed by atoms with Crippen molar-refractivity contribution in [1.29, 1.82) is 0 Å². The van der Waals surface area contributed by atoms with E-state index in [1.165, 1.54) is 6.07 Å². The van der Waals surface area contributed by atoms with Crippen LogP contribution in [0.1, 0.15) is 5.69 Å². The minimum absolute atomic E-state index is 0.282. The molecule has 0 atom stereocenters. The Balaban J connectivity index is 2.61. The van der Waals surface area contributed by atoms with E-state index in [0.29, 0.717) is 26.0 Å². The Morgan fingerprint density at radius 1 is 1.35 bits per heavy atom. The molecule has 0 bridgehead atoms. The summed E-state index contributed by atoms with van der Waals surface area (Å²) in [5.74, 6) is -0.0483. The van der Waals surface area contributed by atoms with Crippen molar-refractivity contribution in [3.8, 4) is 11.4 Å². The second kappa shape index (κ2) is 4.70. The molecule has 2 aromatic rings. The normalized spacial score (nSPS) is 10.6. The summed E-state index contributed by atoms with van der Waals surface area (Å²) < 4.78 is 14.1. The molecular formula is C11H7Br2FN2O. The van der Waals surface area contributed by atoms with Gasteiger partial charge in [0.15, 0.2) is 0 Å². The third-order valence-corrected chi connectivity index (χ3v) is 3.80. The Morgan fingerprint density at radius 2 is 2.06 bits per heavy atom. The topological polar surface area (TPSA) is 45.8 Å². The molecule has 1 aromatic heterocycles. The van der Waals surface area contributed by atoms with Gasteiger partial charge in [0.25, 0.3) is 5.56 Å². The van der Waals surface area contributed by atoms with Gasteiger partial charge in [-0.3, -0.25) is 4.79 Å². The predicted molar refractivity (Wildman–Crippen MR) is 70.4 cm³/mol. The van der Waals surface area contributed by atoms with E-state index in [-0.39, 0.29) is 5.56 Å². The molecule has 0 amide bonds. The van der Waals surface area contributed by atoms with Crippen LogP contribution in [0.5, 0.6) is 0 Å². The molecule has 3 nitrogen and oxygen atoms in total. The monoisotopic (exact) mass is 360 g/mol. The molecule has 1 heterocycles. The first-order valence-electron chi connectivity index (χ1n) is 4.71. The quantitative estimate of drug-likeness (QED) is 0.845. The second-order valence-corrected chi connectivity index (χ2v) is 5.09. The fourth-order valence-electron chi connectivity index (χ4n) is 1.35. The van der Waals surface area contributed by atoms with E-state index in [2.05, 4.69) is 41.8 Å². The van der Waals surface area contributed by atoms with Gasteiger partial charge in [-0.15, -0.1) is 0 Å². The number of halogens is 3. The molecule has 0 spiro atoms. The Morgan fingerprint density at radius 3 is 2.65 bits per heavy atom. The van der Waals surface area contributed by atoms with Crippen molar-refractivity contribution in [2.45, 2.75) is 6.92 Å². The van der Waals surface area contributed by atoms with Crippen LogP contribution in [-0.4, -0.2) is 9.97 Å². The number of nitrogens with one attached hydrogen (secondary N) is 1. The lowest BCUT2D eigenvalue weighted by Gasteiger charge is -2.04. The van der Waals surface area contributed by atoms with Crippen LogP contribution >= 0.6 is 31.9 Å². The van der Waals surface area contributed by atoms with Crippen LogP contribution < -0.4 is 5.56 Å². The molecule has 0 radical (unpaired) electrons. The predicted octanol–water partition coefficient (Wildman–Crippen LogP) is 3.41. The Kier molecular flexibility index (Phi) is 3.44. The van der Waals surface area contributed by atoms with Crippen LogP contribution in [-0.2, 0) is 0 Å². The highest BCUT2D eigenvalue weighted by Gasteiger charge is 2.08. The first kappa shape index (κ1) is 12.4. The van der Waals surface area contributed by atoms with Gasteiger partial charge in [-0.1, -0.05) is 0 Å². The van der Waals surface area contributed by atoms with Crippen LogP contribution in [0, 0.1) is 12.7 Å². The molecule has 17 heavy (non-hydrogen) atoms. The van der Waals surface area contributed by atoms with Crippen molar-refractivity contribution in [3.63, 3.8) is 0 Å². The lowest BCUT2D eigenvalue weighted by molar-refractivity contribution is 0.621. The van der Waals surface area contributed by atoms with Crippen LogP contribution in [0.25, 0.3) is 11.4 Å². The smallest absolute Gasteiger partial charge is 0.265 e. The van der Waals surface area contributed by atoms with E-state index in [1.54, 1.807) is 19.1 Å². The lowest BCUT2D eigenvalue weighted by Crippen LogP contribution is -2.11. The van der Waals surface area contributed by atoms with E-state index in [4.69, 9.17) is 0 Å². The molecule has 88 valence electrons. The molecular weight excluding hydrogens is 355 g/mol. The molecule has 0 aliphatic heterocycles. The van der Waals surface area contributed by atoms with Crippen molar-refractivity contribution in [3.05, 3.63) is 49.0 Å². The zero-order valence-corrected chi connectivity index (χ0v) is 11.9. The molecule has 0 unspecified atom stereocenters. The molecule has 0 aliphatic rings. The van der Waals surface area contributed by atoms with Gasteiger partial charge in [0.1, 0.15) is 16.1 Å². The van der Waals surface area contributed by atoms with Gasteiger partial charge >= 0.3 is 0 Å². The number of H-pyrrole nitrogens is 1. The number of hydrogen-bond acceptors (Lipinski definition) is 2. The van der Waals surface area contributed by atoms with E-state index < -0.39 is 5.82 Å². The summed E-state index contributed by atoms with van der Waals surface area (Å²) in [6.07, 6.45) is 0. The van der Waals surface area contributed by atoms with Crippen LogP contribution in [0.2, 0.25) is 0 Å². The minimum Gasteiger partial charge on any atom is -0.306 e. The first-order chi connectivity index (χ1) is 7.99. The summed E-state index contributed by atoms with van der Waals surface area (Å²) in [5.41, 5.74) is 0.807. The summed E-state index contributed by atoms with van der Waals surface area (Å²) in [6.45, 7) is 1.71. The van der Waals surface area contributed by atoms with Crippen LogP contribution in [0.15, 0.2) is 31.9 Å². The van der Waals surface area contributed by atoms with Gasteiger partial charge in [-0.05, 0) is 57.0 Å². The van der Waals surface area contributed by atoms with Crippen molar-refractivity contribution >= 4 is 31.9 Å². The maximum Gasteiger partial charge on any atom is 0.265 e. The van der Waals surface area contributed by atoms with Crippen molar-refractivity contribution < 1.29 is 4.39 Å². The van der Waals surface area contributed by atoms with Gasteiger partial charge in [-0.25, -0.2) is 9.37 Å². The van der Waals surface area contributed by atoms with Crippen molar-refractivity contribution in [2.24, 2.45) is 0 Å². The third-order valence-electron chi connectivity index (χ3n) is 2.22. The molecule has 0 saturated heterocycles. The Hall–Kier alpha value is -1.01. The highest BCUT2D eigenvalue weighted by Crippen LogP contribution is 2.22. The standard InChI is InChI=1S/C11H7Br2FN2O/c1-5-9(13)11(17)16-10(15-5)6-2-3-7(12)8(14)4-6/h2-4H,1H3,(H,15,16,17). The van der Waals surface area contributed by atoms with Crippen molar-refractivity contribution in [1.82, 2.24) is 9.97 Å². The van der Waals surface area contributed by atoms with Crippen molar-refractivity contribution in [2.75, 3.05) is 0 Å². The van der Waals surface area contributed by atoms with Gasteiger partial charge in [0.2, 0.25) is 0 Å². The van der Waals surface area contributed by atoms with E-state index in [0.717, 1.165) is 0 Å². The van der Waals surface area contributed by atoms with Gasteiger partial charge in [0, 0.05) is 5.56 Å². The van der Waals surface area contributed by atoms with E-state index in [9.17, 15) is 9.18 Å². The van der Waals surface area contributed by atoms with Crippen LogP contribution in [0.4, 0.5) is 4.39 Å². The highest BCUT2D eigenvalue weighted by atomic mass is 79.9. The Labute approximate surface area is 113 Å². The highest BCUT2D eigenvalue weighted by molar-refractivity contribution is 9.10. The maximum atomic E-state index is 13.4. The summed E-state index contributed by atoms with van der Waals surface area (Å²) in [5, 5.41) is 0. The molecule has 0 fully saturated rings. The number of aromatic amines is 1. The van der Waals surface area contributed by atoms with Gasteiger partial charge in [-0.2, -0.15) is 0 Å². The second-order valence-electron chi connectivity index (χ2n) is 3.44. The zero-order chi connectivity index (χ0) is 12.6. The summed E-state index contributed by atoms with van der Waals surface area (Å²) in [7, 11) is 0. The Bertz CT molecular complexity index is 640. The van der Waals surface area contributed by atoms with Gasteiger partial charge < -0.3 is 4.98 Å². The largest absolute Gasteiger partial charge is 0.306 e. The number of rotatable bonds is 1. The fraction of sp³-hybridized carbons (Fsp3) is 0.0909. The number of aryl methyl sites for hydroxylation is 1. The first-order valence-corrected chi connectivity index (χ1v) is 6.29. The van der Waals surface area contributed by atoms with E-state index in [1.807, 2.05) is 0 Å². The average Bonchev–Trinajstić information content (AvgIpc) is 2.29. The maximum absolute atomic E-state index is 13.4. The molecule has 0 aliphatic carbocycles. The summed E-state index contributed by atoms with van der Waals surface area (Å²) in [6, 6.07) is 4.57. The number of hydrogen-bond donors (Lipinski definition) is 1. The third kappa shape index (κ3) is 2.47. The van der Waals surface area contributed by atoms with E-state index >= 15 is 0 Å². The molecule has 0 saturated carbocycles. The number of nitrogens with zero attached hydrogens (tertiary/aromatic N) is 1. The number of aromatic nitrogens is 2. The average molecular weight is 362 g/mol. The molecule has 1 N–H and O–H groups in total. The molecule has 2 rings (SSSR count). The molecule has 1 aromatic carbocycles.